The molecule has 0 spiro atoms. The molecule has 4 rings (SSSR count). The van der Waals surface area contributed by atoms with E-state index < -0.39 is 17.6 Å². The van der Waals surface area contributed by atoms with Crippen molar-refractivity contribution >= 4 is 16.8 Å². The molecule has 4 aromatic rings. The molecule has 2 N–H and O–H groups in total. The molecule has 0 aliphatic carbocycles. The molecule has 8 heteroatoms. The molecule has 0 aliphatic rings. The molecule has 0 bridgehead atoms. The van der Waals surface area contributed by atoms with Gasteiger partial charge in [0, 0.05) is 5.39 Å². The van der Waals surface area contributed by atoms with Crippen molar-refractivity contribution in [1.82, 2.24) is 15.1 Å². The summed E-state index contributed by atoms with van der Waals surface area (Å²) in [4.78, 5) is 12.7. The standard InChI is InChI=1S/C28H29F2N3O3/c1-17-13-21(30)7-11-24(17)26(18(2)32-27(35)28(3,4)16-34)36-23-10-12-25-19(14-23)15-31-33(25)22-8-5-20(29)6-9-22/h5-15,18,26,34H,16H2,1-4H3,(H,32,35). The molecule has 6 nitrogen and oxygen atoms in total. The minimum Gasteiger partial charge on any atom is -0.484 e. The number of nitrogens with one attached hydrogen (secondary N) is 1. The van der Waals surface area contributed by atoms with Gasteiger partial charge in [-0.2, -0.15) is 5.10 Å². The second-order valence-corrected chi connectivity index (χ2v) is 9.60. The highest BCUT2D eigenvalue weighted by molar-refractivity contribution is 5.82. The van der Waals surface area contributed by atoms with E-state index in [0.717, 1.165) is 22.2 Å². The lowest BCUT2D eigenvalue weighted by Gasteiger charge is -2.30. The van der Waals surface area contributed by atoms with Gasteiger partial charge in [0.2, 0.25) is 5.91 Å². The number of aliphatic hydroxyl groups is 1. The summed E-state index contributed by atoms with van der Waals surface area (Å²) in [5, 5.41) is 17.7. The Balaban J connectivity index is 1.66. The van der Waals surface area contributed by atoms with Gasteiger partial charge in [-0.15, -0.1) is 0 Å². The summed E-state index contributed by atoms with van der Waals surface area (Å²) in [5.41, 5.74) is 1.99. The van der Waals surface area contributed by atoms with Crippen LogP contribution in [0.25, 0.3) is 16.6 Å². The van der Waals surface area contributed by atoms with Crippen molar-refractivity contribution in [3.63, 3.8) is 0 Å². The van der Waals surface area contributed by atoms with Gasteiger partial charge in [-0.1, -0.05) is 6.07 Å². The third-order valence-corrected chi connectivity index (χ3v) is 6.23. The maximum absolute atomic E-state index is 13.8. The average Bonchev–Trinajstić information content (AvgIpc) is 3.26. The Bertz CT molecular complexity index is 1380. The highest BCUT2D eigenvalue weighted by Crippen LogP contribution is 2.31. The van der Waals surface area contributed by atoms with E-state index in [9.17, 15) is 18.7 Å². The molecule has 0 aliphatic heterocycles. The van der Waals surface area contributed by atoms with Crippen LogP contribution >= 0.6 is 0 Å². The first kappa shape index (κ1) is 25.3. The van der Waals surface area contributed by atoms with E-state index in [-0.39, 0.29) is 24.1 Å². The monoisotopic (exact) mass is 493 g/mol. The van der Waals surface area contributed by atoms with Gasteiger partial charge < -0.3 is 15.2 Å². The molecular formula is C28H29F2N3O3. The number of halogens is 2. The van der Waals surface area contributed by atoms with Gasteiger partial charge in [-0.25, -0.2) is 13.5 Å². The van der Waals surface area contributed by atoms with Crippen molar-refractivity contribution in [2.24, 2.45) is 5.41 Å². The van der Waals surface area contributed by atoms with Crippen LogP contribution in [0.1, 0.15) is 38.0 Å². The van der Waals surface area contributed by atoms with E-state index >= 15 is 0 Å². The topological polar surface area (TPSA) is 76.4 Å². The van der Waals surface area contributed by atoms with Crippen LogP contribution in [-0.2, 0) is 4.79 Å². The quantitative estimate of drug-likeness (QED) is 0.351. The maximum Gasteiger partial charge on any atom is 0.228 e. The molecule has 36 heavy (non-hydrogen) atoms. The Morgan fingerprint density at radius 2 is 1.78 bits per heavy atom. The summed E-state index contributed by atoms with van der Waals surface area (Å²) in [6.07, 6.45) is 1.06. The predicted molar refractivity (Wildman–Crippen MR) is 134 cm³/mol. The second kappa shape index (κ2) is 10.1. The first-order valence-electron chi connectivity index (χ1n) is 11.7. The van der Waals surface area contributed by atoms with E-state index in [1.54, 1.807) is 55.9 Å². The van der Waals surface area contributed by atoms with Crippen LogP contribution in [0.5, 0.6) is 5.75 Å². The van der Waals surface area contributed by atoms with Crippen LogP contribution in [0.3, 0.4) is 0 Å². The average molecular weight is 494 g/mol. The number of carbonyl (C=O) groups is 1. The Hall–Kier alpha value is -3.78. The summed E-state index contributed by atoms with van der Waals surface area (Å²) >= 11 is 0. The number of hydrogen-bond acceptors (Lipinski definition) is 4. The molecule has 0 fully saturated rings. The maximum atomic E-state index is 13.8. The molecule has 1 aromatic heterocycles. The number of hydrogen-bond donors (Lipinski definition) is 2. The van der Waals surface area contributed by atoms with E-state index in [1.165, 1.54) is 24.3 Å². The number of benzene rings is 3. The highest BCUT2D eigenvalue weighted by Gasteiger charge is 2.31. The van der Waals surface area contributed by atoms with E-state index in [0.29, 0.717) is 11.3 Å². The Kier molecular flexibility index (Phi) is 7.08. The number of aryl methyl sites for hydroxylation is 1. The largest absolute Gasteiger partial charge is 0.484 e. The minimum atomic E-state index is -0.968. The Labute approximate surface area is 208 Å². The van der Waals surface area contributed by atoms with Gasteiger partial charge >= 0.3 is 0 Å². The molecular weight excluding hydrogens is 464 g/mol. The molecule has 0 saturated heterocycles. The molecule has 2 unspecified atom stereocenters. The molecule has 0 radical (unpaired) electrons. The summed E-state index contributed by atoms with van der Waals surface area (Å²) in [6.45, 7) is 6.60. The number of amides is 1. The van der Waals surface area contributed by atoms with Crippen LogP contribution in [0.2, 0.25) is 0 Å². The van der Waals surface area contributed by atoms with Crippen LogP contribution in [0, 0.1) is 24.0 Å². The van der Waals surface area contributed by atoms with Crippen molar-refractivity contribution in [1.29, 1.82) is 0 Å². The fourth-order valence-electron chi connectivity index (χ4n) is 3.96. The summed E-state index contributed by atoms with van der Waals surface area (Å²) in [7, 11) is 0. The Morgan fingerprint density at radius 1 is 1.08 bits per heavy atom. The van der Waals surface area contributed by atoms with Gasteiger partial charge in [-0.05, 0) is 93.4 Å². The van der Waals surface area contributed by atoms with Crippen molar-refractivity contribution < 1.29 is 23.4 Å². The third kappa shape index (κ3) is 5.23. The summed E-state index contributed by atoms with van der Waals surface area (Å²) in [5.74, 6) is -0.460. The van der Waals surface area contributed by atoms with Crippen molar-refractivity contribution in [2.45, 2.75) is 39.8 Å². The Morgan fingerprint density at radius 3 is 2.44 bits per heavy atom. The SMILES string of the molecule is Cc1cc(F)ccc1C(Oc1ccc2c(cnn2-c2ccc(F)cc2)c1)C(C)NC(=O)C(C)(C)CO. The first-order valence-corrected chi connectivity index (χ1v) is 11.7. The van der Waals surface area contributed by atoms with Crippen LogP contribution in [-0.4, -0.2) is 33.4 Å². The first-order chi connectivity index (χ1) is 17.1. The molecule has 0 saturated carbocycles. The molecule has 188 valence electrons. The number of nitrogens with zero attached hydrogens (tertiary/aromatic N) is 2. The lowest BCUT2D eigenvalue weighted by Crippen LogP contribution is -2.46. The zero-order valence-corrected chi connectivity index (χ0v) is 20.6. The van der Waals surface area contributed by atoms with Gasteiger partial charge in [0.25, 0.3) is 0 Å². The van der Waals surface area contributed by atoms with Gasteiger partial charge in [0.1, 0.15) is 23.5 Å². The fourth-order valence-corrected chi connectivity index (χ4v) is 3.96. The van der Waals surface area contributed by atoms with E-state index in [1.807, 2.05) is 19.1 Å². The molecule has 3 aromatic carbocycles. The predicted octanol–water partition coefficient (Wildman–Crippen LogP) is 5.26. The van der Waals surface area contributed by atoms with Gasteiger partial charge in [-0.3, -0.25) is 4.79 Å². The minimum absolute atomic E-state index is 0.304. The number of rotatable bonds is 8. The summed E-state index contributed by atoms with van der Waals surface area (Å²) in [6, 6.07) is 15.5. The van der Waals surface area contributed by atoms with E-state index in [2.05, 4.69) is 10.4 Å². The smallest absolute Gasteiger partial charge is 0.228 e. The number of aliphatic hydroxyl groups excluding tert-OH is 1. The van der Waals surface area contributed by atoms with Gasteiger partial charge in [0.05, 0.1) is 35.5 Å². The second-order valence-electron chi connectivity index (χ2n) is 9.60. The van der Waals surface area contributed by atoms with Crippen molar-refractivity contribution in [3.05, 3.63) is 89.6 Å². The zero-order valence-electron chi connectivity index (χ0n) is 20.6. The van der Waals surface area contributed by atoms with E-state index in [4.69, 9.17) is 4.74 Å². The van der Waals surface area contributed by atoms with Crippen LogP contribution in [0.15, 0.2) is 66.9 Å². The number of aromatic nitrogens is 2. The molecule has 1 amide bonds. The molecule has 1 heterocycles. The number of ether oxygens (including phenoxy) is 1. The lowest BCUT2D eigenvalue weighted by atomic mass is 9.92. The lowest BCUT2D eigenvalue weighted by molar-refractivity contribution is -0.132. The van der Waals surface area contributed by atoms with Crippen molar-refractivity contribution in [3.8, 4) is 11.4 Å². The fraction of sp³-hybridized carbons (Fsp3) is 0.286. The zero-order chi connectivity index (χ0) is 26.0. The summed E-state index contributed by atoms with van der Waals surface area (Å²) < 4.78 is 35.2. The number of carbonyl (C=O) groups excluding carboxylic acids is 1. The van der Waals surface area contributed by atoms with Gasteiger partial charge in [0.15, 0.2) is 0 Å². The van der Waals surface area contributed by atoms with Crippen LogP contribution in [0.4, 0.5) is 8.78 Å². The van der Waals surface area contributed by atoms with Crippen LogP contribution < -0.4 is 10.1 Å². The normalized spacial score (nSPS) is 13.4. The third-order valence-electron chi connectivity index (χ3n) is 6.23. The number of fused-ring (bicyclic) bond motifs is 1. The molecule has 2 atom stereocenters. The highest BCUT2D eigenvalue weighted by atomic mass is 19.1. The van der Waals surface area contributed by atoms with Crippen molar-refractivity contribution in [2.75, 3.05) is 6.61 Å².